The second-order valence-corrected chi connectivity index (χ2v) is 28.5. The maximum Gasteiger partial charge on any atom is 4.00 e. The van der Waals surface area contributed by atoms with Crippen LogP contribution in [0.3, 0.4) is 0 Å². The van der Waals surface area contributed by atoms with E-state index in [0.717, 1.165) is 12.8 Å². The minimum absolute atomic E-state index is 0. The molecule has 8 rings (SSSR count). The van der Waals surface area contributed by atoms with Gasteiger partial charge >= 0.3 is 26.2 Å². The van der Waals surface area contributed by atoms with E-state index in [1.54, 1.807) is 0 Å². The van der Waals surface area contributed by atoms with E-state index in [9.17, 15) is 0 Å². The molecule has 0 saturated carbocycles. The van der Waals surface area contributed by atoms with Crippen LogP contribution in [0, 0.1) is 0 Å². The molecule has 0 unspecified atom stereocenters. The number of rotatable bonds is 8. The van der Waals surface area contributed by atoms with Crippen LogP contribution in [0.5, 0.6) is 0 Å². The van der Waals surface area contributed by atoms with Crippen molar-refractivity contribution in [3.8, 4) is 43.1 Å². The van der Waals surface area contributed by atoms with Crippen LogP contribution in [-0.2, 0) is 39.0 Å². The smallest absolute Gasteiger partial charge is 1.00 e. The quantitative estimate of drug-likeness (QED) is 0.107. The largest absolute Gasteiger partial charge is 4.00 e. The van der Waals surface area contributed by atoms with Crippen molar-refractivity contribution in [1.29, 1.82) is 0 Å². The summed E-state index contributed by atoms with van der Waals surface area (Å²) < 4.78 is 0. The molecule has 0 saturated heterocycles. The fraction of sp³-hybridized carbons (Fsp3) is 0.208. The maximum atomic E-state index is 2.40. The van der Waals surface area contributed by atoms with Crippen LogP contribution in [0.1, 0.15) is 23.6 Å². The number of thiophene rings is 2. The van der Waals surface area contributed by atoms with Crippen LogP contribution in [0.15, 0.2) is 133 Å². The van der Waals surface area contributed by atoms with E-state index in [0.29, 0.717) is 0 Å². The van der Waals surface area contributed by atoms with E-state index < -0.39 is 16.1 Å². The molecule has 0 aliphatic heterocycles. The van der Waals surface area contributed by atoms with Crippen LogP contribution in [0.4, 0.5) is 0 Å². The molecule has 0 aliphatic rings. The first-order chi connectivity index (χ1) is 24.9. The summed E-state index contributed by atoms with van der Waals surface area (Å²) >= 11 is 3.82. The Morgan fingerprint density at radius 2 is 0.836 bits per heavy atom. The van der Waals surface area contributed by atoms with Crippen LogP contribution >= 0.6 is 22.7 Å². The van der Waals surface area contributed by atoms with Gasteiger partial charge in [0.05, 0.1) is 16.1 Å². The number of hydrogen-bond acceptors (Lipinski definition) is 2. The maximum absolute atomic E-state index is 2.40. The molecule has 0 nitrogen and oxygen atoms in total. The van der Waals surface area contributed by atoms with Crippen molar-refractivity contribution >= 4 is 70.7 Å². The Morgan fingerprint density at radius 3 is 1.15 bits per heavy atom. The molecule has 280 valence electrons. The van der Waals surface area contributed by atoms with Crippen LogP contribution in [0.25, 0.3) is 64.7 Å². The first-order valence-corrected chi connectivity index (χ1v) is 27.3. The second-order valence-electron chi connectivity index (χ2n) is 16.0. The van der Waals surface area contributed by atoms with Gasteiger partial charge in [0, 0.05) is 0 Å². The van der Waals surface area contributed by atoms with Gasteiger partial charge in [0.25, 0.3) is 0 Å². The molecule has 0 fully saturated rings. The van der Waals surface area contributed by atoms with E-state index >= 15 is 0 Å². The molecule has 6 aromatic carbocycles. The van der Waals surface area contributed by atoms with Gasteiger partial charge in [-0.2, -0.15) is 22.7 Å². The summed E-state index contributed by atoms with van der Waals surface area (Å²) in [4.78, 5) is 5.65. The van der Waals surface area contributed by atoms with Crippen molar-refractivity contribution in [3.05, 3.63) is 143 Å². The summed E-state index contributed by atoms with van der Waals surface area (Å²) in [6, 6.07) is 50.3. The van der Waals surface area contributed by atoms with E-state index in [1.165, 1.54) is 84.8 Å². The second kappa shape index (κ2) is 18.8. The molecule has 0 spiro atoms. The van der Waals surface area contributed by atoms with E-state index in [1.807, 2.05) is 22.7 Å². The third-order valence-electron chi connectivity index (χ3n) is 10.2. The van der Waals surface area contributed by atoms with Crippen molar-refractivity contribution in [2.24, 2.45) is 0 Å². The van der Waals surface area contributed by atoms with Gasteiger partial charge in [-0.3, -0.25) is 0 Å². The van der Waals surface area contributed by atoms with Crippen molar-refractivity contribution in [2.45, 2.75) is 66.0 Å². The number of fused-ring (bicyclic) bond motifs is 2. The zero-order chi connectivity index (χ0) is 36.6. The molecular weight excluding hydrogens is 859 g/mol. The number of hydrogen-bond donors (Lipinski definition) is 0. The molecule has 0 aliphatic carbocycles. The Kier molecular flexibility index (Phi) is 15.4. The summed E-state index contributed by atoms with van der Waals surface area (Å²) in [5.41, 5.74) is 7.99. The summed E-state index contributed by atoms with van der Waals surface area (Å²) in [7, 11) is -2.50. The van der Waals surface area contributed by atoms with Crippen molar-refractivity contribution in [1.82, 2.24) is 0 Å². The van der Waals surface area contributed by atoms with Gasteiger partial charge in [0.1, 0.15) is 0 Å². The normalized spacial score (nSPS) is 11.3. The van der Waals surface area contributed by atoms with Gasteiger partial charge in [-0.05, 0) is 43.5 Å². The average molecular weight is 909 g/mol. The molecule has 0 atom stereocenters. The van der Waals surface area contributed by atoms with Gasteiger partial charge in [0.2, 0.25) is 0 Å². The molecule has 2 aromatic heterocycles. The molecular formula is C48H50Cl2S2Si2Zr. The predicted molar refractivity (Wildman–Crippen MR) is 241 cm³/mol. The minimum Gasteiger partial charge on any atom is -1.00 e. The van der Waals surface area contributed by atoms with Crippen molar-refractivity contribution in [3.63, 3.8) is 0 Å². The van der Waals surface area contributed by atoms with E-state index in [-0.39, 0.29) is 51.0 Å². The number of halogens is 2. The molecule has 0 amide bonds. The van der Waals surface area contributed by atoms with Gasteiger partial charge in [-0.1, -0.05) is 172 Å². The van der Waals surface area contributed by atoms with Crippen molar-refractivity contribution in [2.75, 3.05) is 0 Å². The first-order valence-electron chi connectivity index (χ1n) is 18.7. The Labute approximate surface area is 370 Å². The van der Waals surface area contributed by atoms with Crippen LogP contribution in [-0.4, -0.2) is 16.1 Å². The van der Waals surface area contributed by atoms with Crippen LogP contribution < -0.4 is 35.2 Å². The third-order valence-corrected chi connectivity index (χ3v) is 16.9. The van der Waals surface area contributed by atoms with E-state index in [4.69, 9.17) is 0 Å². The summed E-state index contributed by atoms with van der Waals surface area (Å²) in [5.74, 6) is 0. The monoisotopic (exact) mass is 906 g/mol. The first kappa shape index (κ1) is 45.1. The minimum atomic E-state index is -1.25. The Balaban J connectivity index is 0.000000232. The topological polar surface area (TPSA) is 0 Å². The molecule has 7 heteroatoms. The Bertz CT molecular complexity index is 2280. The van der Waals surface area contributed by atoms with Gasteiger partial charge in [-0.15, -0.1) is 69.1 Å². The van der Waals surface area contributed by atoms with Gasteiger partial charge in [-0.25, -0.2) is 0 Å². The van der Waals surface area contributed by atoms with E-state index in [2.05, 4.69) is 187 Å². The van der Waals surface area contributed by atoms with Crippen molar-refractivity contribution < 1.29 is 51.0 Å². The van der Waals surface area contributed by atoms with Gasteiger partial charge in [0.15, 0.2) is 0 Å². The molecule has 0 radical (unpaired) electrons. The fourth-order valence-electron chi connectivity index (χ4n) is 7.00. The summed E-state index contributed by atoms with van der Waals surface area (Å²) in [6.07, 6.45) is 2.22. The summed E-state index contributed by atoms with van der Waals surface area (Å²) in [5, 5.41) is 8.41. The summed E-state index contributed by atoms with van der Waals surface area (Å²) in [6.45, 7) is 18.8. The molecule has 2 heterocycles. The van der Waals surface area contributed by atoms with Crippen LogP contribution in [0.2, 0.25) is 39.3 Å². The fourth-order valence-corrected chi connectivity index (χ4v) is 11.2. The Morgan fingerprint density at radius 1 is 0.473 bits per heavy atom. The SMILES string of the molecule is CCc1ccc(-c2cc3c(-c4ccc([Si](C)(C)C)cc4)cccc3[cH-]2)s1.CCc1ccc(-c2cc3c(-c4ccc([Si](C)(C)C)cc4)cccc3[cH-]2)s1.[Cl-].[Cl-].[Zr+4]. The molecule has 8 aromatic rings. The predicted octanol–water partition coefficient (Wildman–Crippen LogP) is 8.13. The average Bonchev–Trinajstić information content (AvgIpc) is 3.96. The Hall–Kier alpha value is -2.60. The zero-order valence-electron chi connectivity index (χ0n) is 33.2. The standard InChI is InChI=1S/2C24H25SSi.2ClH.Zr/c2*1-5-20-11-14-24(25-20)19-15-18-7-6-8-22(23(18)16-19)17-9-12-21(13-10-17)26(2,3)4;;;/h2*6-16H,5H2,1-4H3;2*1H;/q2*-1;;;+4/p-2. The van der Waals surface area contributed by atoms with Gasteiger partial charge < -0.3 is 24.8 Å². The third kappa shape index (κ3) is 10.1. The number of aryl methyl sites for hydroxylation is 2. The molecule has 55 heavy (non-hydrogen) atoms. The molecule has 0 N–H and O–H groups in total. The zero-order valence-corrected chi connectivity index (χ0v) is 40.8. The number of benzene rings is 4. The molecule has 0 bridgehead atoms.